The fourth-order valence-corrected chi connectivity index (χ4v) is 7.80. The highest BCUT2D eigenvalue weighted by Crippen LogP contribution is 2.41. The van der Waals surface area contributed by atoms with Crippen LogP contribution in [0.2, 0.25) is 0 Å². The molecule has 0 bridgehead atoms. The van der Waals surface area contributed by atoms with E-state index in [1.807, 2.05) is 91.9 Å². The van der Waals surface area contributed by atoms with Crippen LogP contribution in [-0.2, 0) is 25.7 Å². The molecule has 3 aliphatic heterocycles. The number of carbonyl (C=O) groups excluding carboxylic acids is 3. The van der Waals surface area contributed by atoms with E-state index in [1.54, 1.807) is 16.0 Å². The van der Waals surface area contributed by atoms with Crippen molar-refractivity contribution in [3.8, 4) is 0 Å². The van der Waals surface area contributed by atoms with Crippen molar-refractivity contribution in [2.75, 3.05) is 43.1 Å². The maximum atomic E-state index is 13.9. The molecule has 0 aliphatic carbocycles. The molecule has 3 fully saturated rings. The van der Waals surface area contributed by atoms with Crippen LogP contribution in [0.5, 0.6) is 0 Å². The third-order valence-electron chi connectivity index (χ3n) is 9.43. The van der Waals surface area contributed by atoms with Crippen molar-refractivity contribution in [3.05, 3.63) is 120 Å². The Labute approximate surface area is 296 Å². The number of thioether (sulfide) groups is 1. The first-order chi connectivity index (χ1) is 24.4. The number of anilines is 2. The summed E-state index contributed by atoms with van der Waals surface area (Å²) in [7, 11) is 0. The van der Waals surface area contributed by atoms with E-state index in [0.717, 1.165) is 47.7 Å². The summed E-state index contributed by atoms with van der Waals surface area (Å²) < 4.78 is 5.49. The maximum absolute atomic E-state index is 13.9. The summed E-state index contributed by atoms with van der Waals surface area (Å²) in [6, 6.07) is 30.3. The van der Waals surface area contributed by atoms with Crippen molar-refractivity contribution >= 4 is 51.7 Å². The first-order valence-electron chi connectivity index (χ1n) is 17.1. The van der Waals surface area contributed by atoms with Crippen LogP contribution >= 0.6 is 11.8 Å². The summed E-state index contributed by atoms with van der Waals surface area (Å²) in [5.74, 6) is -0.647. The van der Waals surface area contributed by atoms with Crippen molar-refractivity contribution in [2.24, 2.45) is 4.99 Å². The molecule has 1 unspecified atom stereocenters. The van der Waals surface area contributed by atoms with Crippen LogP contribution in [0.1, 0.15) is 47.8 Å². The first kappa shape index (κ1) is 33.5. The largest absolute Gasteiger partial charge is 0.378 e. The molecule has 11 heteroatoms. The zero-order valence-corrected chi connectivity index (χ0v) is 28.8. The van der Waals surface area contributed by atoms with Gasteiger partial charge in [-0.2, -0.15) is 0 Å². The highest BCUT2D eigenvalue weighted by molar-refractivity contribution is 8.15. The Kier molecular flexibility index (Phi) is 10.2. The number of amidine groups is 1. The monoisotopic (exact) mass is 688 g/mol. The molecule has 256 valence electrons. The minimum Gasteiger partial charge on any atom is -0.378 e. The van der Waals surface area contributed by atoms with Crippen LogP contribution in [0.3, 0.4) is 0 Å². The lowest BCUT2D eigenvalue weighted by Crippen LogP contribution is -2.44. The average molecular weight is 689 g/mol. The second-order valence-electron chi connectivity index (χ2n) is 12.7. The fourth-order valence-electron chi connectivity index (χ4n) is 6.62. The highest BCUT2D eigenvalue weighted by Gasteiger charge is 2.40. The standard InChI is InChI=1S/C39H40N6O4S/c1-27(28-8-3-2-4-9-28)37(47)44-21-7-11-34(44)36(46)41-30-14-12-29(13-15-30)35-38(48)45(26-32-10-5-6-20-40-32)39(50-35)42-31-16-18-33(19-17-31)43-22-24-49-25-23-43/h2-6,8-10,12-20,27,34-35H,7,11,21-26H2,1H3,(H,41,46)/t27-,34+,35?/m0/s1. The number of ether oxygens (including phenoxy) is 1. The third kappa shape index (κ3) is 7.44. The average Bonchev–Trinajstić information content (AvgIpc) is 3.78. The van der Waals surface area contributed by atoms with Crippen molar-refractivity contribution in [1.82, 2.24) is 14.8 Å². The van der Waals surface area contributed by atoms with Crippen LogP contribution in [0.15, 0.2) is 108 Å². The summed E-state index contributed by atoms with van der Waals surface area (Å²) in [6.45, 7) is 5.90. The molecule has 0 spiro atoms. The molecular weight excluding hydrogens is 649 g/mol. The number of rotatable bonds is 9. The molecule has 0 radical (unpaired) electrons. The van der Waals surface area contributed by atoms with E-state index in [9.17, 15) is 14.4 Å². The minimum atomic E-state index is -0.526. The molecule has 4 heterocycles. The molecule has 3 aliphatic rings. The first-order valence-corrected chi connectivity index (χ1v) is 18.0. The number of benzene rings is 3. The summed E-state index contributed by atoms with van der Waals surface area (Å²) in [5.41, 5.74) is 5.02. The van der Waals surface area contributed by atoms with Gasteiger partial charge < -0.3 is 19.9 Å². The lowest BCUT2D eigenvalue weighted by Gasteiger charge is -2.28. The lowest BCUT2D eigenvalue weighted by atomic mass is 9.99. The number of hydrogen-bond acceptors (Lipinski definition) is 8. The molecular formula is C39H40N6O4S. The van der Waals surface area contributed by atoms with Crippen molar-refractivity contribution in [2.45, 2.75) is 43.5 Å². The maximum Gasteiger partial charge on any atom is 0.247 e. The van der Waals surface area contributed by atoms with Gasteiger partial charge in [-0.3, -0.25) is 24.3 Å². The van der Waals surface area contributed by atoms with Gasteiger partial charge in [-0.25, -0.2) is 4.99 Å². The molecule has 3 atom stereocenters. The van der Waals surface area contributed by atoms with E-state index in [1.165, 1.54) is 11.8 Å². The molecule has 1 aromatic heterocycles. The number of aromatic nitrogens is 1. The van der Waals surface area contributed by atoms with Crippen LogP contribution < -0.4 is 10.2 Å². The molecule has 3 saturated heterocycles. The number of carbonyl (C=O) groups is 3. The molecule has 7 rings (SSSR count). The summed E-state index contributed by atoms with van der Waals surface area (Å²) in [6.07, 6.45) is 3.12. The Balaban J connectivity index is 1.05. The van der Waals surface area contributed by atoms with Gasteiger partial charge in [0.05, 0.1) is 37.1 Å². The fraction of sp³-hybridized carbons (Fsp3) is 0.308. The second kappa shape index (κ2) is 15.3. The van der Waals surface area contributed by atoms with Gasteiger partial charge in [0.2, 0.25) is 17.7 Å². The van der Waals surface area contributed by atoms with Crippen LogP contribution in [0.4, 0.5) is 17.1 Å². The lowest BCUT2D eigenvalue weighted by molar-refractivity contribution is -0.137. The van der Waals surface area contributed by atoms with Gasteiger partial charge in [0.1, 0.15) is 11.3 Å². The molecule has 10 nitrogen and oxygen atoms in total. The summed E-state index contributed by atoms with van der Waals surface area (Å²) in [4.78, 5) is 55.8. The molecule has 1 N–H and O–H groups in total. The Hall–Kier alpha value is -5.00. The van der Waals surface area contributed by atoms with Gasteiger partial charge in [0.25, 0.3) is 0 Å². The number of aliphatic imine (C=N–C) groups is 1. The highest BCUT2D eigenvalue weighted by atomic mass is 32.2. The van der Waals surface area contributed by atoms with E-state index in [-0.39, 0.29) is 23.6 Å². The number of pyridine rings is 1. The smallest absolute Gasteiger partial charge is 0.247 e. The number of hydrogen-bond donors (Lipinski definition) is 1. The van der Waals surface area contributed by atoms with Crippen LogP contribution in [-0.4, -0.2) is 76.6 Å². The number of nitrogens with zero attached hydrogens (tertiary/aromatic N) is 5. The number of likely N-dealkylation sites (tertiary alicyclic amines) is 1. The molecule has 3 aromatic carbocycles. The number of nitrogens with one attached hydrogen (secondary N) is 1. The zero-order chi connectivity index (χ0) is 34.5. The Morgan fingerprint density at radius 2 is 1.68 bits per heavy atom. The minimum absolute atomic E-state index is 0.0401. The summed E-state index contributed by atoms with van der Waals surface area (Å²) in [5, 5.41) is 3.12. The van der Waals surface area contributed by atoms with E-state index in [4.69, 9.17) is 9.73 Å². The Morgan fingerprint density at radius 3 is 2.40 bits per heavy atom. The zero-order valence-electron chi connectivity index (χ0n) is 28.0. The van der Waals surface area contributed by atoms with Gasteiger partial charge in [-0.05, 0) is 79.4 Å². The molecule has 0 saturated carbocycles. The van der Waals surface area contributed by atoms with Crippen LogP contribution in [0, 0.1) is 0 Å². The van der Waals surface area contributed by atoms with Gasteiger partial charge in [-0.1, -0.05) is 60.3 Å². The van der Waals surface area contributed by atoms with Gasteiger partial charge in [0, 0.05) is 37.2 Å². The van der Waals surface area contributed by atoms with Gasteiger partial charge >= 0.3 is 0 Å². The second-order valence-corrected chi connectivity index (χ2v) is 13.8. The van der Waals surface area contributed by atoms with E-state index in [2.05, 4.69) is 27.3 Å². The van der Waals surface area contributed by atoms with E-state index < -0.39 is 11.3 Å². The summed E-state index contributed by atoms with van der Waals surface area (Å²) >= 11 is 1.41. The van der Waals surface area contributed by atoms with Crippen molar-refractivity contribution < 1.29 is 19.1 Å². The quantitative estimate of drug-likeness (QED) is 0.225. The molecule has 4 aromatic rings. The third-order valence-corrected chi connectivity index (χ3v) is 10.7. The van der Waals surface area contributed by atoms with Crippen LogP contribution in [0.25, 0.3) is 0 Å². The topological polar surface area (TPSA) is 107 Å². The Morgan fingerprint density at radius 1 is 0.940 bits per heavy atom. The van der Waals surface area contributed by atoms with Gasteiger partial charge in [0.15, 0.2) is 5.17 Å². The number of morpholine rings is 1. The molecule has 50 heavy (non-hydrogen) atoms. The SMILES string of the molecule is C[C@H](C(=O)N1CCC[C@@H]1C(=O)Nc1ccc(C2SC(=Nc3ccc(N4CCOCC4)cc3)N(Cc3ccccn3)C2=O)cc1)c1ccccc1. The van der Waals surface area contributed by atoms with Gasteiger partial charge in [-0.15, -0.1) is 0 Å². The predicted octanol–water partition coefficient (Wildman–Crippen LogP) is 6.16. The van der Waals surface area contributed by atoms with Crippen molar-refractivity contribution in [1.29, 1.82) is 0 Å². The Bertz CT molecular complexity index is 1830. The molecule has 3 amide bonds. The number of amides is 3. The van der Waals surface area contributed by atoms with E-state index >= 15 is 0 Å². The van der Waals surface area contributed by atoms with Crippen molar-refractivity contribution in [3.63, 3.8) is 0 Å². The predicted molar refractivity (Wildman–Crippen MR) is 196 cm³/mol. The normalized spacial score (nSPS) is 20.7. The van der Waals surface area contributed by atoms with E-state index in [0.29, 0.717) is 43.6 Å².